The number of hydrogen-bond acceptors (Lipinski definition) is 5. The molecule has 1 aromatic carbocycles. The lowest BCUT2D eigenvalue weighted by atomic mass is 10.1. The van der Waals surface area contributed by atoms with Crippen LogP contribution in [0.5, 0.6) is 5.75 Å². The van der Waals surface area contributed by atoms with Gasteiger partial charge in [-0.05, 0) is 24.6 Å². The second-order valence-electron chi connectivity index (χ2n) is 4.03. The smallest absolute Gasteiger partial charge is 0.387 e. The number of alkyl halides is 2. The van der Waals surface area contributed by atoms with Crippen LogP contribution < -0.4 is 4.74 Å². The number of ether oxygens (including phenoxy) is 1. The topological polar surface area (TPSA) is 42.4 Å². The van der Waals surface area contributed by atoms with E-state index in [1.165, 1.54) is 35.2 Å². The van der Waals surface area contributed by atoms with Gasteiger partial charge in [-0.1, -0.05) is 23.9 Å². The minimum Gasteiger partial charge on any atom is -0.435 e. The Kier molecular flexibility index (Phi) is 5.33. The van der Waals surface area contributed by atoms with Gasteiger partial charge in [0.2, 0.25) is 0 Å². The number of aliphatic hydroxyl groups excluding tert-OH is 1. The van der Waals surface area contributed by atoms with E-state index in [1.54, 1.807) is 12.1 Å². The molecular weight excluding hydrogens is 304 g/mol. The highest BCUT2D eigenvalue weighted by molar-refractivity contribution is 8.01. The Morgan fingerprint density at radius 3 is 2.60 bits per heavy atom. The Bertz CT molecular complexity index is 546. The lowest BCUT2D eigenvalue weighted by molar-refractivity contribution is -0.0498. The van der Waals surface area contributed by atoms with Crippen LogP contribution in [0, 0.1) is 6.92 Å². The molecular formula is C13H13F2NO2S2. The standard InChI is InChI=1S/C13H13F2NO2S2/c1-8-6-19-13(16-8)20-7-11(17)9-2-4-10(5-3-9)18-12(14)15/h2-6,11-12,17H,7H2,1H3. The van der Waals surface area contributed by atoms with E-state index < -0.39 is 12.7 Å². The van der Waals surface area contributed by atoms with Crippen LogP contribution in [0.1, 0.15) is 17.4 Å². The Balaban J connectivity index is 1.90. The number of hydrogen-bond donors (Lipinski definition) is 1. The largest absolute Gasteiger partial charge is 0.435 e. The Morgan fingerprint density at radius 1 is 1.35 bits per heavy atom. The first-order valence-electron chi connectivity index (χ1n) is 5.82. The summed E-state index contributed by atoms with van der Waals surface area (Å²) in [5, 5.41) is 12.0. The maximum Gasteiger partial charge on any atom is 0.387 e. The minimum atomic E-state index is -2.84. The van der Waals surface area contributed by atoms with Crippen LogP contribution in [0.3, 0.4) is 0 Å². The summed E-state index contributed by atoms with van der Waals surface area (Å²) in [6, 6.07) is 6.00. The highest BCUT2D eigenvalue weighted by atomic mass is 32.2. The third-order valence-electron chi connectivity index (χ3n) is 2.45. The first kappa shape index (κ1) is 15.2. The molecule has 1 unspecified atom stereocenters. The van der Waals surface area contributed by atoms with Gasteiger partial charge in [0, 0.05) is 16.8 Å². The van der Waals surface area contributed by atoms with E-state index in [0.29, 0.717) is 11.3 Å². The number of aliphatic hydroxyl groups is 1. The van der Waals surface area contributed by atoms with E-state index in [4.69, 9.17) is 0 Å². The van der Waals surface area contributed by atoms with Gasteiger partial charge in [0.15, 0.2) is 0 Å². The first-order chi connectivity index (χ1) is 9.54. The molecule has 108 valence electrons. The number of aromatic nitrogens is 1. The van der Waals surface area contributed by atoms with Crippen LogP contribution in [-0.2, 0) is 0 Å². The van der Waals surface area contributed by atoms with Gasteiger partial charge in [-0.15, -0.1) is 11.3 Å². The van der Waals surface area contributed by atoms with Gasteiger partial charge in [0.05, 0.1) is 6.10 Å². The van der Waals surface area contributed by atoms with Crippen molar-refractivity contribution >= 4 is 23.1 Å². The normalized spacial score (nSPS) is 12.7. The Labute approximate surface area is 123 Å². The van der Waals surface area contributed by atoms with Crippen molar-refractivity contribution in [1.29, 1.82) is 0 Å². The van der Waals surface area contributed by atoms with Crippen molar-refractivity contribution in [2.75, 3.05) is 5.75 Å². The molecule has 0 saturated heterocycles. The highest BCUT2D eigenvalue weighted by Crippen LogP contribution is 2.28. The van der Waals surface area contributed by atoms with Gasteiger partial charge in [-0.3, -0.25) is 0 Å². The SMILES string of the molecule is Cc1csc(SCC(O)c2ccc(OC(F)F)cc2)n1. The third kappa shape index (κ3) is 4.43. The fraction of sp³-hybridized carbons (Fsp3) is 0.308. The van der Waals surface area contributed by atoms with Crippen molar-refractivity contribution in [2.45, 2.75) is 24.0 Å². The molecule has 0 saturated carbocycles. The molecule has 0 amide bonds. The summed E-state index contributed by atoms with van der Waals surface area (Å²) in [5.41, 5.74) is 1.62. The van der Waals surface area contributed by atoms with Gasteiger partial charge in [-0.2, -0.15) is 8.78 Å². The van der Waals surface area contributed by atoms with E-state index >= 15 is 0 Å². The van der Waals surface area contributed by atoms with Crippen LogP contribution >= 0.6 is 23.1 Å². The average molecular weight is 317 g/mol. The van der Waals surface area contributed by atoms with E-state index in [2.05, 4.69) is 9.72 Å². The molecule has 2 aromatic rings. The van der Waals surface area contributed by atoms with Gasteiger partial charge in [0.1, 0.15) is 10.1 Å². The van der Waals surface area contributed by atoms with E-state index in [0.717, 1.165) is 10.0 Å². The summed E-state index contributed by atoms with van der Waals surface area (Å²) in [6.45, 7) is -0.923. The monoisotopic (exact) mass is 317 g/mol. The zero-order chi connectivity index (χ0) is 14.5. The molecule has 0 radical (unpaired) electrons. The number of thiazole rings is 1. The fourth-order valence-electron chi connectivity index (χ4n) is 1.52. The highest BCUT2D eigenvalue weighted by Gasteiger charge is 2.11. The van der Waals surface area contributed by atoms with Crippen LogP contribution in [0.2, 0.25) is 0 Å². The molecule has 1 aromatic heterocycles. The molecule has 0 spiro atoms. The Morgan fingerprint density at radius 2 is 2.05 bits per heavy atom. The van der Waals surface area contributed by atoms with E-state index in [-0.39, 0.29) is 5.75 Å². The first-order valence-corrected chi connectivity index (χ1v) is 7.69. The molecule has 2 rings (SSSR count). The molecule has 0 bridgehead atoms. The molecule has 7 heteroatoms. The quantitative estimate of drug-likeness (QED) is 0.821. The number of halogens is 2. The number of rotatable bonds is 6. The average Bonchev–Trinajstić information content (AvgIpc) is 2.82. The molecule has 3 nitrogen and oxygen atoms in total. The molecule has 1 N–H and O–H groups in total. The van der Waals surface area contributed by atoms with Crippen LogP contribution in [0.15, 0.2) is 34.0 Å². The molecule has 0 aliphatic carbocycles. The van der Waals surface area contributed by atoms with Gasteiger partial charge >= 0.3 is 6.61 Å². The zero-order valence-electron chi connectivity index (χ0n) is 10.6. The maximum absolute atomic E-state index is 12.0. The summed E-state index contributed by atoms with van der Waals surface area (Å²) in [4.78, 5) is 4.29. The zero-order valence-corrected chi connectivity index (χ0v) is 12.3. The van der Waals surface area contributed by atoms with Crippen molar-refractivity contribution < 1.29 is 18.6 Å². The molecule has 1 atom stereocenters. The lowest BCUT2D eigenvalue weighted by Crippen LogP contribution is -2.03. The van der Waals surface area contributed by atoms with E-state index in [1.807, 2.05) is 12.3 Å². The van der Waals surface area contributed by atoms with Crippen molar-refractivity contribution in [2.24, 2.45) is 0 Å². The molecule has 1 heterocycles. The second-order valence-corrected chi connectivity index (χ2v) is 6.15. The summed E-state index contributed by atoms with van der Waals surface area (Å²) in [7, 11) is 0. The predicted molar refractivity (Wildman–Crippen MR) is 75.6 cm³/mol. The van der Waals surface area contributed by atoms with Crippen molar-refractivity contribution in [3.8, 4) is 5.75 Å². The lowest BCUT2D eigenvalue weighted by Gasteiger charge is -2.10. The number of nitrogens with zero attached hydrogens (tertiary/aromatic N) is 1. The van der Waals surface area contributed by atoms with Gasteiger partial charge in [-0.25, -0.2) is 4.98 Å². The van der Waals surface area contributed by atoms with Crippen molar-refractivity contribution in [1.82, 2.24) is 4.98 Å². The van der Waals surface area contributed by atoms with Crippen molar-refractivity contribution in [3.63, 3.8) is 0 Å². The second kappa shape index (κ2) is 7.01. The van der Waals surface area contributed by atoms with Gasteiger partial charge < -0.3 is 9.84 Å². The summed E-state index contributed by atoms with van der Waals surface area (Å²) < 4.78 is 29.2. The molecule has 0 aliphatic rings. The molecule has 0 aliphatic heterocycles. The summed E-state index contributed by atoms with van der Waals surface area (Å²) in [6.07, 6.45) is -0.676. The minimum absolute atomic E-state index is 0.0825. The van der Waals surface area contributed by atoms with Gasteiger partial charge in [0.25, 0.3) is 0 Å². The maximum atomic E-state index is 12.0. The van der Waals surface area contributed by atoms with Crippen LogP contribution in [0.25, 0.3) is 0 Å². The van der Waals surface area contributed by atoms with Crippen LogP contribution in [0.4, 0.5) is 8.78 Å². The number of thioether (sulfide) groups is 1. The molecule has 20 heavy (non-hydrogen) atoms. The predicted octanol–water partition coefficient (Wildman–Crippen LogP) is 3.88. The number of benzene rings is 1. The Hall–Kier alpha value is -1.18. The van der Waals surface area contributed by atoms with E-state index in [9.17, 15) is 13.9 Å². The third-order valence-corrected chi connectivity index (χ3v) is 4.67. The molecule has 0 fully saturated rings. The number of aryl methyl sites for hydroxylation is 1. The van der Waals surface area contributed by atoms with Crippen LogP contribution in [-0.4, -0.2) is 22.5 Å². The fourth-order valence-corrected chi connectivity index (χ4v) is 3.36. The van der Waals surface area contributed by atoms with Crippen molar-refractivity contribution in [3.05, 3.63) is 40.9 Å². The summed E-state index contributed by atoms with van der Waals surface area (Å²) >= 11 is 3.00. The summed E-state index contributed by atoms with van der Waals surface area (Å²) in [5.74, 6) is 0.543.